The van der Waals surface area contributed by atoms with E-state index in [1.54, 1.807) is 12.3 Å². The van der Waals surface area contributed by atoms with Gasteiger partial charge in [-0.05, 0) is 37.1 Å². The topological polar surface area (TPSA) is 51.8 Å². The van der Waals surface area contributed by atoms with Gasteiger partial charge >= 0.3 is 0 Å². The fourth-order valence-electron chi connectivity index (χ4n) is 1.77. The predicted molar refractivity (Wildman–Crippen MR) is 62.5 cm³/mol. The van der Waals surface area contributed by atoms with Crippen LogP contribution >= 0.6 is 0 Å². The number of rotatable bonds is 2. The number of nitrogens with zero attached hydrogens (tertiary/aromatic N) is 2. The summed E-state index contributed by atoms with van der Waals surface area (Å²) in [4.78, 5) is 8.46. The van der Waals surface area contributed by atoms with Crippen LogP contribution in [-0.2, 0) is 5.54 Å². The van der Waals surface area contributed by atoms with Crippen molar-refractivity contribution in [3.05, 3.63) is 47.9 Å². The van der Waals surface area contributed by atoms with Gasteiger partial charge in [0.15, 0.2) is 11.6 Å². The molecule has 18 heavy (non-hydrogen) atoms. The third-order valence-electron chi connectivity index (χ3n) is 3.10. The summed E-state index contributed by atoms with van der Waals surface area (Å²) in [7, 11) is 0. The second-order valence-corrected chi connectivity index (χ2v) is 4.55. The summed E-state index contributed by atoms with van der Waals surface area (Å²) in [5.74, 6) is -1.20. The Labute approximate surface area is 103 Å². The first kappa shape index (κ1) is 11.2. The van der Waals surface area contributed by atoms with Crippen LogP contribution in [0.4, 0.5) is 8.78 Å². The first-order valence-corrected chi connectivity index (χ1v) is 5.66. The number of aromatic nitrogens is 2. The van der Waals surface area contributed by atoms with Crippen molar-refractivity contribution >= 4 is 0 Å². The summed E-state index contributed by atoms with van der Waals surface area (Å²) in [5, 5.41) is 0. The van der Waals surface area contributed by atoms with Gasteiger partial charge in [-0.25, -0.2) is 18.7 Å². The molecule has 92 valence electrons. The van der Waals surface area contributed by atoms with Gasteiger partial charge in [0.2, 0.25) is 0 Å². The van der Waals surface area contributed by atoms with E-state index in [-0.39, 0.29) is 0 Å². The first-order valence-electron chi connectivity index (χ1n) is 5.66. The SMILES string of the molecule is NC1(c2nccc(-c3ccc(F)c(F)c3)n2)CC1. The van der Waals surface area contributed by atoms with E-state index in [4.69, 9.17) is 5.73 Å². The minimum absolute atomic E-state index is 0.436. The lowest BCUT2D eigenvalue weighted by Crippen LogP contribution is -2.22. The van der Waals surface area contributed by atoms with Gasteiger partial charge in [-0.1, -0.05) is 0 Å². The van der Waals surface area contributed by atoms with Crippen LogP contribution in [0.5, 0.6) is 0 Å². The lowest BCUT2D eigenvalue weighted by molar-refractivity contribution is 0.509. The highest BCUT2D eigenvalue weighted by atomic mass is 19.2. The molecule has 0 spiro atoms. The van der Waals surface area contributed by atoms with Gasteiger partial charge in [0.05, 0.1) is 11.2 Å². The second kappa shape index (κ2) is 3.81. The minimum atomic E-state index is -0.887. The molecule has 0 aliphatic heterocycles. The monoisotopic (exact) mass is 247 g/mol. The van der Waals surface area contributed by atoms with Crippen molar-refractivity contribution in [3.63, 3.8) is 0 Å². The van der Waals surface area contributed by atoms with Crippen LogP contribution in [0, 0.1) is 11.6 Å². The van der Waals surface area contributed by atoms with Crippen molar-refractivity contribution in [1.82, 2.24) is 9.97 Å². The van der Waals surface area contributed by atoms with Crippen molar-refractivity contribution in [3.8, 4) is 11.3 Å². The zero-order chi connectivity index (χ0) is 12.8. The lowest BCUT2D eigenvalue weighted by Gasteiger charge is -2.08. The van der Waals surface area contributed by atoms with Crippen molar-refractivity contribution in [2.45, 2.75) is 18.4 Å². The number of hydrogen-bond acceptors (Lipinski definition) is 3. The molecule has 0 radical (unpaired) electrons. The molecule has 1 aliphatic rings. The highest BCUT2D eigenvalue weighted by molar-refractivity contribution is 5.58. The average Bonchev–Trinajstić information content (AvgIpc) is 3.12. The predicted octanol–water partition coefficient (Wildman–Crippen LogP) is 2.37. The van der Waals surface area contributed by atoms with E-state index in [1.807, 2.05) is 0 Å². The van der Waals surface area contributed by atoms with E-state index in [2.05, 4.69) is 9.97 Å². The molecule has 1 saturated carbocycles. The Balaban J connectivity index is 2.03. The van der Waals surface area contributed by atoms with Crippen molar-refractivity contribution in [2.24, 2.45) is 5.73 Å². The Hall–Kier alpha value is -1.88. The molecule has 1 fully saturated rings. The van der Waals surface area contributed by atoms with E-state index in [9.17, 15) is 8.78 Å². The molecule has 1 aromatic carbocycles. The van der Waals surface area contributed by atoms with Crippen LogP contribution in [0.25, 0.3) is 11.3 Å². The summed E-state index contributed by atoms with van der Waals surface area (Å²) in [5.41, 5.74) is 6.64. The standard InChI is InChI=1S/C13H11F2N3/c14-9-2-1-8(7-10(9)15)11-3-6-17-12(18-11)13(16)4-5-13/h1-3,6-7H,4-5,16H2. The van der Waals surface area contributed by atoms with E-state index < -0.39 is 17.2 Å². The fourth-order valence-corrected chi connectivity index (χ4v) is 1.77. The number of nitrogens with two attached hydrogens (primary N) is 1. The molecule has 5 heteroatoms. The number of hydrogen-bond donors (Lipinski definition) is 1. The van der Waals surface area contributed by atoms with Crippen LogP contribution in [-0.4, -0.2) is 9.97 Å². The normalized spacial score (nSPS) is 16.6. The van der Waals surface area contributed by atoms with Gasteiger partial charge in [0.25, 0.3) is 0 Å². The Bertz CT molecular complexity index is 609. The number of benzene rings is 1. The smallest absolute Gasteiger partial charge is 0.159 e. The molecular weight excluding hydrogens is 236 g/mol. The average molecular weight is 247 g/mol. The minimum Gasteiger partial charge on any atom is -0.319 e. The molecule has 0 unspecified atom stereocenters. The summed E-state index contributed by atoms with van der Waals surface area (Å²) in [6.45, 7) is 0. The quantitative estimate of drug-likeness (QED) is 0.886. The van der Waals surface area contributed by atoms with Gasteiger partial charge in [-0.2, -0.15) is 0 Å². The maximum atomic E-state index is 13.2. The third kappa shape index (κ3) is 1.86. The van der Waals surface area contributed by atoms with Crippen LogP contribution < -0.4 is 5.73 Å². The highest BCUT2D eigenvalue weighted by Gasteiger charge is 2.43. The fraction of sp³-hybridized carbons (Fsp3) is 0.231. The highest BCUT2D eigenvalue weighted by Crippen LogP contribution is 2.40. The molecule has 2 N–H and O–H groups in total. The zero-order valence-electron chi connectivity index (χ0n) is 9.53. The van der Waals surface area contributed by atoms with E-state index in [0.717, 1.165) is 25.0 Å². The van der Waals surface area contributed by atoms with Crippen LogP contribution in [0.3, 0.4) is 0 Å². The molecule has 1 aliphatic carbocycles. The maximum absolute atomic E-state index is 13.2. The van der Waals surface area contributed by atoms with Crippen molar-refractivity contribution in [2.75, 3.05) is 0 Å². The van der Waals surface area contributed by atoms with Crippen LogP contribution in [0.15, 0.2) is 30.5 Å². The molecular formula is C13H11F2N3. The van der Waals surface area contributed by atoms with E-state index in [0.29, 0.717) is 17.1 Å². The van der Waals surface area contributed by atoms with Crippen LogP contribution in [0.2, 0.25) is 0 Å². The molecule has 1 heterocycles. The molecule has 2 aromatic rings. The second-order valence-electron chi connectivity index (χ2n) is 4.55. The van der Waals surface area contributed by atoms with Crippen molar-refractivity contribution < 1.29 is 8.78 Å². The first-order chi connectivity index (χ1) is 8.58. The van der Waals surface area contributed by atoms with Gasteiger partial charge in [0.1, 0.15) is 5.82 Å². The van der Waals surface area contributed by atoms with Gasteiger partial charge in [-0.15, -0.1) is 0 Å². The third-order valence-corrected chi connectivity index (χ3v) is 3.10. The Morgan fingerprint density at radius 1 is 1.11 bits per heavy atom. The van der Waals surface area contributed by atoms with E-state index in [1.165, 1.54) is 6.07 Å². The van der Waals surface area contributed by atoms with Crippen molar-refractivity contribution in [1.29, 1.82) is 0 Å². The number of halogens is 2. The summed E-state index contributed by atoms with van der Waals surface area (Å²) in [6, 6.07) is 5.35. The van der Waals surface area contributed by atoms with Gasteiger partial charge in [0, 0.05) is 11.8 Å². The van der Waals surface area contributed by atoms with Gasteiger partial charge < -0.3 is 5.73 Å². The summed E-state index contributed by atoms with van der Waals surface area (Å²) < 4.78 is 26.0. The molecule has 0 saturated heterocycles. The molecule has 3 rings (SSSR count). The molecule has 0 atom stereocenters. The largest absolute Gasteiger partial charge is 0.319 e. The molecule has 3 nitrogen and oxygen atoms in total. The summed E-state index contributed by atoms with van der Waals surface area (Å²) >= 11 is 0. The lowest BCUT2D eigenvalue weighted by atomic mass is 10.1. The molecule has 1 aromatic heterocycles. The Morgan fingerprint density at radius 3 is 2.56 bits per heavy atom. The van der Waals surface area contributed by atoms with E-state index >= 15 is 0 Å². The Morgan fingerprint density at radius 2 is 1.89 bits per heavy atom. The summed E-state index contributed by atoms with van der Waals surface area (Å²) in [6.07, 6.45) is 3.30. The molecule has 0 amide bonds. The zero-order valence-corrected chi connectivity index (χ0v) is 9.53. The van der Waals surface area contributed by atoms with Gasteiger partial charge in [-0.3, -0.25) is 0 Å². The van der Waals surface area contributed by atoms with Crippen LogP contribution in [0.1, 0.15) is 18.7 Å². The molecule has 0 bridgehead atoms. The Kier molecular flexibility index (Phi) is 2.38. The maximum Gasteiger partial charge on any atom is 0.159 e.